The number of nitriles is 1. The number of fused-ring (bicyclic) bond motifs is 2. The molecule has 4 heterocycles. The molecule has 1 aromatic carbocycles. The van der Waals surface area contributed by atoms with Gasteiger partial charge < -0.3 is 14.4 Å². The van der Waals surface area contributed by atoms with Gasteiger partial charge in [-0.25, -0.2) is 4.98 Å². The summed E-state index contributed by atoms with van der Waals surface area (Å²) in [6.45, 7) is 3.46. The lowest BCUT2D eigenvalue weighted by Crippen LogP contribution is -2.60. The Bertz CT molecular complexity index is 1320. The molecular formula is C25H26N8O3. The minimum atomic E-state index is -0.162. The predicted molar refractivity (Wildman–Crippen MR) is 126 cm³/mol. The van der Waals surface area contributed by atoms with Gasteiger partial charge >= 0.3 is 0 Å². The number of amides is 1. The van der Waals surface area contributed by atoms with Gasteiger partial charge in [-0.05, 0) is 52.6 Å². The standard InChI is InChI=1S/C25H26N8O3/c1-35-22-10-16(2-3-17(22)11-26)23-13-31-8-9-32(12-18(31)14-36-23)25(34)20-4-6-21-19(20)5-7-24(28-21)33-15-27-29-30-33/h2-3,5,7,10,15,18,20,23H,4,6,8-9,12-14H2,1H3/t18-,20?,23?/m1/s1. The second-order valence-electron chi connectivity index (χ2n) is 9.38. The number of hydrogen-bond donors (Lipinski definition) is 0. The highest BCUT2D eigenvalue weighted by Gasteiger charge is 2.39. The summed E-state index contributed by atoms with van der Waals surface area (Å²) in [5, 5.41) is 20.5. The zero-order valence-corrected chi connectivity index (χ0v) is 19.9. The van der Waals surface area contributed by atoms with Crippen LogP contribution in [0.2, 0.25) is 0 Å². The van der Waals surface area contributed by atoms with Crippen molar-refractivity contribution < 1.29 is 14.3 Å². The van der Waals surface area contributed by atoms with Crippen molar-refractivity contribution in [3.05, 3.63) is 59.0 Å². The molecule has 2 aromatic heterocycles. The molecule has 0 saturated carbocycles. The number of aromatic nitrogens is 5. The Hall–Kier alpha value is -3.88. The molecule has 6 rings (SSSR count). The zero-order valence-electron chi connectivity index (χ0n) is 19.9. The molecule has 0 radical (unpaired) electrons. The first-order valence-electron chi connectivity index (χ1n) is 12.1. The lowest BCUT2D eigenvalue weighted by atomic mass is 9.98. The van der Waals surface area contributed by atoms with Crippen LogP contribution in [0.15, 0.2) is 36.7 Å². The molecule has 0 bridgehead atoms. The van der Waals surface area contributed by atoms with Gasteiger partial charge in [-0.15, -0.1) is 5.10 Å². The van der Waals surface area contributed by atoms with E-state index >= 15 is 0 Å². The third-order valence-corrected chi connectivity index (χ3v) is 7.45. The van der Waals surface area contributed by atoms with Gasteiger partial charge in [0.25, 0.3) is 0 Å². The number of carbonyl (C=O) groups is 1. The van der Waals surface area contributed by atoms with E-state index in [1.54, 1.807) is 13.2 Å². The first-order valence-corrected chi connectivity index (χ1v) is 12.1. The van der Waals surface area contributed by atoms with E-state index < -0.39 is 0 Å². The van der Waals surface area contributed by atoms with Crippen LogP contribution in [0.3, 0.4) is 0 Å². The third-order valence-electron chi connectivity index (χ3n) is 7.45. The molecule has 3 aliphatic rings. The molecule has 36 heavy (non-hydrogen) atoms. The summed E-state index contributed by atoms with van der Waals surface area (Å²) in [6.07, 6.45) is 2.96. The van der Waals surface area contributed by atoms with Gasteiger partial charge in [0.15, 0.2) is 5.82 Å². The van der Waals surface area contributed by atoms with Crippen molar-refractivity contribution in [3.8, 4) is 17.6 Å². The van der Waals surface area contributed by atoms with E-state index in [2.05, 4.69) is 26.5 Å². The summed E-state index contributed by atoms with van der Waals surface area (Å²) in [6, 6.07) is 11.8. The van der Waals surface area contributed by atoms with Crippen LogP contribution in [0.1, 0.15) is 40.8 Å². The molecule has 2 aliphatic heterocycles. The molecule has 1 amide bonds. The minimum Gasteiger partial charge on any atom is -0.495 e. The average Bonchev–Trinajstić information content (AvgIpc) is 3.62. The fourth-order valence-corrected chi connectivity index (χ4v) is 5.51. The molecular weight excluding hydrogens is 460 g/mol. The topological polar surface area (TPSA) is 122 Å². The van der Waals surface area contributed by atoms with Gasteiger partial charge in [0, 0.05) is 31.9 Å². The summed E-state index contributed by atoms with van der Waals surface area (Å²) in [5.41, 5.74) is 3.46. The van der Waals surface area contributed by atoms with Crippen molar-refractivity contribution >= 4 is 5.91 Å². The lowest BCUT2D eigenvalue weighted by molar-refractivity contribution is -0.141. The highest BCUT2D eigenvalue weighted by Crippen LogP contribution is 2.35. The Morgan fingerprint density at radius 3 is 2.94 bits per heavy atom. The first-order chi connectivity index (χ1) is 17.6. The van der Waals surface area contributed by atoms with Crippen LogP contribution in [-0.2, 0) is 16.0 Å². The molecule has 1 aliphatic carbocycles. The molecule has 0 N–H and O–H groups in total. The van der Waals surface area contributed by atoms with E-state index in [9.17, 15) is 10.1 Å². The van der Waals surface area contributed by atoms with Crippen LogP contribution in [0.4, 0.5) is 0 Å². The zero-order chi connectivity index (χ0) is 24.6. The highest BCUT2D eigenvalue weighted by atomic mass is 16.5. The molecule has 2 saturated heterocycles. The summed E-state index contributed by atoms with van der Waals surface area (Å²) < 4.78 is 13.1. The van der Waals surface area contributed by atoms with Crippen LogP contribution in [0, 0.1) is 11.3 Å². The average molecular weight is 487 g/mol. The number of aryl methyl sites for hydroxylation is 1. The van der Waals surface area contributed by atoms with Crippen LogP contribution in [0.5, 0.6) is 5.75 Å². The quantitative estimate of drug-likeness (QED) is 0.536. The Balaban J connectivity index is 1.11. The summed E-state index contributed by atoms with van der Waals surface area (Å²) in [5.74, 6) is 1.23. The molecule has 11 heteroatoms. The number of piperazine rings is 1. The molecule has 2 fully saturated rings. The smallest absolute Gasteiger partial charge is 0.230 e. The number of benzene rings is 1. The normalized spacial score (nSPS) is 23.6. The summed E-state index contributed by atoms with van der Waals surface area (Å²) in [7, 11) is 1.57. The van der Waals surface area contributed by atoms with Gasteiger partial charge in [-0.3, -0.25) is 9.69 Å². The lowest BCUT2D eigenvalue weighted by Gasteiger charge is -2.46. The third kappa shape index (κ3) is 3.98. The number of nitrogens with zero attached hydrogens (tertiary/aromatic N) is 8. The van der Waals surface area contributed by atoms with Gasteiger partial charge in [0.1, 0.15) is 18.1 Å². The number of morpholine rings is 1. The Labute approximate surface area is 208 Å². The highest BCUT2D eigenvalue weighted by molar-refractivity contribution is 5.85. The van der Waals surface area contributed by atoms with E-state index in [1.807, 2.05) is 29.2 Å². The number of hydrogen-bond acceptors (Lipinski definition) is 9. The van der Waals surface area contributed by atoms with E-state index in [4.69, 9.17) is 14.5 Å². The maximum Gasteiger partial charge on any atom is 0.230 e. The van der Waals surface area contributed by atoms with Crippen molar-refractivity contribution in [3.63, 3.8) is 0 Å². The van der Waals surface area contributed by atoms with E-state index in [1.165, 1.54) is 11.0 Å². The van der Waals surface area contributed by atoms with Gasteiger partial charge in [0.05, 0.1) is 37.3 Å². The second kappa shape index (κ2) is 9.29. The van der Waals surface area contributed by atoms with Crippen molar-refractivity contribution in [1.82, 2.24) is 35.0 Å². The number of carbonyl (C=O) groups excluding carboxylic acids is 1. The minimum absolute atomic E-state index is 0.0905. The maximum absolute atomic E-state index is 13.5. The number of pyridine rings is 1. The van der Waals surface area contributed by atoms with Crippen LogP contribution < -0.4 is 4.74 Å². The Morgan fingerprint density at radius 2 is 2.14 bits per heavy atom. The SMILES string of the molecule is COc1cc(C2CN3CCN(C(=O)C4CCc5nc(-n6cnnn6)ccc54)C[C@@H]3CO2)ccc1C#N. The molecule has 0 spiro atoms. The van der Waals surface area contributed by atoms with Crippen molar-refractivity contribution in [2.45, 2.75) is 30.9 Å². The van der Waals surface area contributed by atoms with Crippen LogP contribution in [-0.4, -0.2) is 86.8 Å². The summed E-state index contributed by atoms with van der Waals surface area (Å²) >= 11 is 0. The monoisotopic (exact) mass is 486 g/mol. The Kier molecular flexibility index (Phi) is 5.83. The largest absolute Gasteiger partial charge is 0.495 e. The van der Waals surface area contributed by atoms with E-state index in [0.29, 0.717) is 36.8 Å². The van der Waals surface area contributed by atoms with Crippen molar-refractivity contribution in [2.24, 2.45) is 0 Å². The van der Waals surface area contributed by atoms with Crippen molar-refractivity contribution in [1.29, 1.82) is 5.26 Å². The number of rotatable bonds is 4. The first kappa shape index (κ1) is 22.6. The molecule has 3 aromatic rings. The van der Waals surface area contributed by atoms with Crippen molar-refractivity contribution in [2.75, 3.05) is 39.9 Å². The molecule has 2 unspecified atom stereocenters. The second-order valence-corrected chi connectivity index (χ2v) is 9.38. The van der Waals surface area contributed by atoms with Gasteiger partial charge in [0.2, 0.25) is 5.91 Å². The number of methoxy groups -OCH3 is 1. The van der Waals surface area contributed by atoms with Gasteiger partial charge in [-0.1, -0.05) is 12.1 Å². The fourth-order valence-electron chi connectivity index (χ4n) is 5.51. The maximum atomic E-state index is 13.5. The number of tetrazole rings is 1. The van der Waals surface area contributed by atoms with E-state index in [0.717, 1.165) is 42.8 Å². The molecule has 11 nitrogen and oxygen atoms in total. The number of ether oxygens (including phenoxy) is 2. The molecule has 184 valence electrons. The Morgan fingerprint density at radius 1 is 1.22 bits per heavy atom. The predicted octanol–water partition coefficient (Wildman–Crippen LogP) is 1.25. The van der Waals surface area contributed by atoms with Crippen LogP contribution >= 0.6 is 0 Å². The van der Waals surface area contributed by atoms with Gasteiger partial charge in [-0.2, -0.15) is 9.94 Å². The summed E-state index contributed by atoms with van der Waals surface area (Å²) in [4.78, 5) is 22.6. The van der Waals surface area contributed by atoms with E-state index in [-0.39, 0.29) is 24.0 Å². The van der Waals surface area contributed by atoms with Crippen LogP contribution in [0.25, 0.3) is 5.82 Å². The fraction of sp³-hybridized carbons (Fsp3) is 0.440. The molecule has 3 atom stereocenters.